The van der Waals surface area contributed by atoms with E-state index in [4.69, 9.17) is 20.4 Å². The van der Waals surface area contributed by atoms with E-state index in [1.165, 1.54) is 0 Å². The van der Waals surface area contributed by atoms with Crippen LogP contribution in [0.4, 0.5) is 0 Å². The Kier molecular flexibility index (Phi) is 5.24. The molecule has 76 valence electrons. The number of carboxylic acids is 1. The van der Waals surface area contributed by atoms with Crippen LogP contribution in [0, 0.1) is 0 Å². The van der Waals surface area contributed by atoms with Gasteiger partial charge in [0.1, 0.15) is 12.2 Å². The van der Waals surface area contributed by atoms with Crippen LogP contribution in [0.2, 0.25) is 0 Å². The molecule has 0 aromatic heterocycles. The van der Waals surface area contributed by atoms with Crippen LogP contribution >= 0.6 is 0 Å². The molecule has 0 fully saturated rings. The van der Waals surface area contributed by atoms with E-state index in [-0.39, 0.29) is 0 Å². The van der Waals surface area contributed by atoms with E-state index in [2.05, 4.69) is 4.74 Å². The number of methoxy groups -OCH3 is 1. The number of aliphatic carboxylic acids is 1. The third kappa shape index (κ3) is 4.58. The highest BCUT2D eigenvalue weighted by Crippen LogP contribution is 2.01. The molecule has 4 N–H and O–H groups in total. The Bertz CT molecular complexity index is 189. The van der Waals surface area contributed by atoms with Crippen LogP contribution in [0.3, 0.4) is 0 Å². The molecule has 3 unspecified atom stereocenters. The average Bonchev–Trinajstić information content (AvgIpc) is 2.11. The van der Waals surface area contributed by atoms with Crippen LogP contribution < -0.4 is 0 Å². The summed E-state index contributed by atoms with van der Waals surface area (Å²) in [7, 11) is 1.14. The molecule has 0 spiro atoms. The molecule has 0 aliphatic rings. The summed E-state index contributed by atoms with van der Waals surface area (Å²) >= 11 is 0. The van der Waals surface area contributed by atoms with E-state index < -0.39 is 24.5 Å². The first-order chi connectivity index (χ1) is 5.99. The third-order valence-corrected chi connectivity index (χ3v) is 1.32. The molecule has 0 aliphatic heterocycles. The van der Waals surface area contributed by atoms with Gasteiger partial charge in [0.05, 0.1) is 0 Å². The predicted molar refractivity (Wildman–Crippen MR) is 41.8 cm³/mol. The zero-order valence-corrected chi connectivity index (χ0v) is 6.99. The Labute approximate surface area is 74.7 Å². The SMILES string of the molecule is COC(O)C(O)C(O)/C=C/C(=O)O. The number of rotatable bonds is 5. The lowest BCUT2D eigenvalue weighted by atomic mass is 10.2. The molecular formula is C7H12O6. The molecule has 0 rings (SSSR count). The predicted octanol–water partition coefficient (Wildman–Crippen LogP) is -1.69. The molecule has 0 aliphatic carbocycles. The topological polar surface area (TPSA) is 107 Å². The minimum absolute atomic E-state index is 0.663. The van der Waals surface area contributed by atoms with Gasteiger partial charge < -0.3 is 25.2 Å². The average molecular weight is 192 g/mol. The van der Waals surface area contributed by atoms with E-state index in [0.29, 0.717) is 6.08 Å². The second-order valence-corrected chi connectivity index (χ2v) is 2.30. The number of hydrogen-bond acceptors (Lipinski definition) is 5. The first kappa shape index (κ1) is 12.0. The lowest BCUT2D eigenvalue weighted by Crippen LogP contribution is -2.37. The minimum Gasteiger partial charge on any atom is -0.478 e. The minimum atomic E-state index is -1.57. The molecule has 0 amide bonds. The van der Waals surface area contributed by atoms with E-state index >= 15 is 0 Å². The molecule has 0 radical (unpaired) electrons. The summed E-state index contributed by atoms with van der Waals surface area (Å²) in [4.78, 5) is 9.99. The van der Waals surface area contributed by atoms with E-state index in [1.807, 2.05) is 0 Å². The fourth-order valence-electron chi connectivity index (χ4n) is 0.603. The molecule has 0 bridgehead atoms. The van der Waals surface area contributed by atoms with Crippen LogP contribution in [0.25, 0.3) is 0 Å². The molecule has 0 saturated carbocycles. The molecule has 6 heteroatoms. The van der Waals surface area contributed by atoms with Gasteiger partial charge in [-0.05, 0) is 6.08 Å². The third-order valence-electron chi connectivity index (χ3n) is 1.32. The van der Waals surface area contributed by atoms with Crippen LogP contribution in [0.15, 0.2) is 12.2 Å². The lowest BCUT2D eigenvalue weighted by Gasteiger charge is -2.18. The van der Waals surface area contributed by atoms with Gasteiger partial charge in [0, 0.05) is 13.2 Å². The van der Waals surface area contributed by atoms with Crippen molar-refractivity contribution in [2.24, 2.45) is 0 Å². The fourth-order valence-corrected chi connectivity index (χ4v) is 0.603. The van der Waals surface area contributed by atoms with Crippen LogP contribution in [-0.2, 0) is 9.53 Å². The molecular weight excluding hydrogens is 180 g/mol. The molecule has 0 aromatic rings. The molecule has 6 nitrogen and oxygen atoms in total. The van der Waals surface area contributed by atoms with Gasteiger partial charge in [0.15, 0.2) is 6.29 Å². The highest BCUT2D eigenvalue weighted by Gasteiger charge is 2.22. The number of ether oxygens (including phenoxy) is 1. The van der Waals surface area contributed by atoms with Crippen molar-refractivity contribution in [3.63, 3.8) is 0 Å². The maximum absolute atomic E-state index is 9.99. The summed E-state index contributed by atoms with van der Waals surface area (Å²) in [6, 6.07) is 0. The number of hydrogen-bond donors (Lipinski definition) is 4. The summed E-state index contributed by atoms with van der Waals surface area (Å²) in [5, 5.41) is 35.1. The molecule has 0 heterocycles. The van der Waals surface area contributed by atoms with Crippen molar-refractivity contribution in [3.05, 3.63) is 12.2 Å². The van der Waals surface area contributed by atoms with Crippen molar-refractivity contribution >= 4 is 5.97 Å². The summed E-state index contributed by atoms with van der Waals surface area (Å²) < 4.78 is 4.30. The van der Waals surface area contributed by atoms with Gasteiger partial charge in [-0.1, -0.05) is 0 Å². The standard InChI is InChI=1S/C7H12O6/c1-13-7(12)6(11)4(8)2-3-5(9)10/h2-4,6-8,11-12H,1H3,(H,9,10)/b3-2+. The Morgan fingerprint density at radius 1 is 1.38 bits per heavy atom. The Balaban J connectivity index is 4.09. The van der Waals surface area contributed by atoms with Gasteiger partial charge >= 0.3 is 5.97 Å². The number of carbonyl (C=O) groups is 1. The second-order valence-electron chi connectivity index (χ2n) is 2.30. The summed E-state index contributed by atoms with van der Waals surface area (Å²) in [5.74, 6) is -1.25. The van der Waals surface area contributed by atoms with Crippen molar-refractivity contribution in [2.45, 2.75) is 18.5 Å². The molecule has 0 aromatic carbocycles. The van der Waals surface area contributed by atoms with Gasteiger partial charge in [0.2, 0.25) is 0 Å². The van der Waals surface area contributed by atoms with Gasteiger partial charge in [-0.25, -0.2) is 4.79 Å². The van der Waals surface area contributed by atoms with Crippen molar-refractivity contribution in [3.8, 4) is 0 Å². The van der Waals surface area contributed by atoms with Crippen molar-refractivity contribution in [1.82, 2.24) is 0 Å². The van der Waals surface area contributed by atoms with Crippen LogP contribution in [0.1, 0.15) is 0 Å². The van der Waals surface area contributed by atoms with Crippen molar-refractivity contribution < 1.29 is 30.0 Å². The zero-order chi connectivity index (χ0) is 10.4. The summed E-state index contributed by atoms with van der Waals surface area (Å²) in [5.41, 5.74) is 0. The maximum atomic E-state index is 9.99. The van der Waals surface area contributed by atoms with Gasteiger partial charge in [-0.15, -0.1) is 0 Å². The molecule has 0 saturated heterocycles. The van der Waals surface area contributed by atoms with Crippen molar-refractivity contribution in [1.29, 1.82) is 0 Å². The van der Waals surface area contributed by atoms with Crippen LogP contribution in [-0.4, -0.2) is 52.0 Å². The largest absolute Gasteiger partial charge is 0.478 e. The van der Waals surface area contributed by atoms with E-state index in [1.54, 1.807) is 0 Å². The normalized spacial score (nSPS) is 18.5. The summed E-state index contributed by atoms with van der Waals surface area (Å²) in [6.07, 6.45) is -3.09. The Hall–Kier alpha value is -0.950. The first-order valence-electron chi connectivity index (χ1n) is 3.47. The maximum Gasteiger partial charge on any atom is 0.328 e. The van der Waals surface area contributed by atoms with E-state index in [0.717, 1.165) is 13.2 Å². The van der Waals surface area contributed by atoms with Gasteiger partial charge in [0.25, 0.3) is 0 Å². The monoisotopic (exact) mass is 192 g/mol. The Morgan fingerprint density at radius 3 is 2.31 bits per heavy atom. The Morgan fingerprint density at radius 2 is 1.92 bits per heavy atom. The number of aliphatic hydroxyl groups excluding tert-OH is 3. The van der Waals surface area contributed by atoms with E-state index in [9.17, 15) is 4.79 Å². The van der Waals surface area contributed by atoms with Gasteiger partial charge in [-0.3, -0.25) is 0 Å². The van der Waals surface area contributed by atoms with Gasteiger partial charge in [-0.2, -0.15) is 0 Å². The second kappa shape index (κ2) is 5.65. The molecule has 3 atom stereocenters. The first-order valence-corrected chi connectivity index (χ1v) is 3.47. The smallest absolute Gasteiger partial charge is 0.328 e. The van der Waals surface area contributed by atoms with Crippen molar-refractivity contribution in [2.75, 3.05) is 7.11 Å². The highest BCUT2D eigenvalue weighted by atomic mass is 16.6. The molecule has 13 heavy (non-hydrogen) atoms. The lowest BCUT2D eigenvalue weighted by molar-refractivity contribution is -0.166. The number of carboxylic acid groups (broad SMARTS) is 1. The van der Waals surface area contributed by atoms with Crippen LogP contribution in [0.5, 0.6) is 0 Å². The quantitative estimate of drug-likeness (QED) is 0.306. The fraction of sp³-hybridized carbons (Fsp3) is 0.571. The summed E-state index contributed by atoms with van der Waals surface area (Å²) in [6.45, 7) is 0. The number of aliphatic hydroxyl groups is 3. The zero-order valence-electron chi connectivity index (χ0n) is 6.99. The highest BCUT2D eigenvalue weighted by molar-refractivity contribution is 5.79.